The molecule has 2 aromatic rings. The zero-order valence-corrected chi connectivity index (χ0v) is 8.66. The molecule has 0 aliphatic heterocycles. The first-order chi connectivity index (χ1) is 7.36. The standard InChI is InChI=1S/C11H8N2OS/c12-6-9-10(7-14)15-13-11(9)8-4-2-1-3-5-8/h1-5,14H,7H2. The molecule has 74 valence electrons. The van der Waals surface area contributed by atoms with Gasteiger partial charge in [-0.15, -0.1) is 0 Å². The highest BCUT2D eigenvalue weighted by Gasteiger charge is 2.13. The highest BCUT2D eigenvalue weighted by Crippen LogP contribution is 2.27. The monoisotopic (exact) mass is 216 g/mol. The van der Waals surface area contributed by atoms with Crippen molar-refractivity contribution < 1.29 is 5.11 Å². The Hall–Kier alpha value is -1.70. The molecule has 0 spiro atoms. The molecule has 0 radical (unpaired) electrons. The van der Waals surface area contributed by atoms with Crippen molar-refractivity contribution in [2.75, 3.05) is 0 Å². The molecule has 0 unspecified atom stereocenters. The maximum atomic E-state index is 9.03. The third-order valence-corrected chi connectivity index (χ3v) is 2.89. The second kappa shape index (κ2) is 4.22. The van der Waals surface area contributed by atoms with Gasteiger partial charge in [-0.3, -0.25) is 0 Å². The fraction of sp³-hybridized carbons (Fsp3) is 0.0909. The SMILES string of the molecule is N#Cc1c(-c2ccccc2)nsc1CO. The Labute approximate surface area is 91.4 Å². The van der Waals surface area contributed by atoms with E-state index in [-0.39, 0.29) is 6.61 Å². The maximum Gasteiger partial charge on any atom is 0.103 e. The lowest BCUT2D eigenvalue weighted by Crippen LogP contribution is -1.85. The van der Waals surface area contributed by atoms with E-state index in [0.29, 0.717) is 16.1 Å². The summed E-state index contributed by atoms with van der Waals surface area (Å²) in [6, 6.07) is 11.6. The Morgan fingerprint density at radius 2 is 2.07 bits per heavy atom. The minimum atomic E-state index is -0.132. The summed E-state index contributed by atoms with van der Waals surface area (Å²) in [6.45, 7) is -0.132. The number of hydrogen-bond donors (Lipinski definition) is 1. The molecule has 0 amide bonds. The largest absolute Gasteiger partial charge is 0.391 e. The molecule has 0 aliphatic rings. The lowest BCUT2D eigenvalue weighted by atomic mass is 10.1. The van der Waals surface area contributed by atoms with Crippen molar-refractivity contribution in [2.24, 2.45) is 0 Å². The van der Waals surface area contributed by atoms with Gasteiger partial charge < -0.3 is 5.11 Å². The quantitative estimate of drug-likeness (QED) is 0.837. The number of benzene rings is 1. The van der Waals surface area contributed by atoms with Crippen molar-refractivity contribution >= 4 is 11.5 Å². The molecule has 2 rings (SSSR count). The molecule has 0 atom stereocenters. The number of rotatable bonds is 2. The molecule has 0 fully saturated rings. The van der Waals surface area contributed by atoms with Crippen LogP contribution in [0.1, 0.15) is 10.4 Å². The third kappa shape index (κ3) is 1.75. The first-order valence-corrected chi connectivity index (χ1v) is 5.19. The van der Waals surface area contributed by atoms with Crippen molar-refractivity contribution in [3.63, 3.8) is 0 Å². The lowest BCUT2D eigenvalue weighted by molar-refractivity contribution is 0.285. The molecular weight excluding hydrogens is 208 g/mol. The average Bonchev–Trinajstić information content (AvgIpc) is 2.72. The summed E-state index contributed by atoms with van der Waals surface area (Å²) in [7, 11) is 0. The van der Waals surface area contributed by atoms with Gasteiger partial charge in [0.2, 0.25) is 0 Å². The van der Waals surface area contributed by atoms with Crippen LogP contribution in [0.15, 0.2) is 30.3 Å². The van der Waals surface area contributed by atoms with Crippen molar-refractivity contribution in [1.29, 1.82) is 5.26 Å². The summed E-state index contributed by atoms with van der Waals surface area (Å²) in [6.07, 6.45) is 0. The van der Waals surface area contributed by atoms with Gasteiger partial charge in [-0.1, -0.05) is 30.3 Å². The van der Waals surface area contributed by atoms with Crippen LogP contribution in [0.5, 0.6) is 0 Å². The smallest absolute Gasteiger partial charge is 0.103 e. The van der Waals surface area contributed by atoms with E-state index >= 15 is 0 Å². The fourth-order valence-electron chi connectivity index (χ4n) is 1.34. The van der Waals surface area contributed by atoms with Crippen molar-refractivity contribution in [3.8, 4) is 17.3 Å². The number of aliphatic hydroxyl groups excluding tert-OH is 1. The predicted molar refractivity (Wildman–Crippen MR) is 58.2 cm³/mol. The summed E-state index contributed by atoms with van der Waals surface area (Å²) in [5, 5.41) is 18.0. The fourth-order valence-corrected chi connectivity index (χ4v) is 2.03. The van der Waals surface area contributed by atoms with E-state index in [1.54, 1.807) is 0 Å². The predicted octanol–water partition coefficient (Wildman–Crippen LogP) is 2.17. The molecule has 0 saturated heterocycles. The number of nitriles is 1. The molecule has 1 aromatic heterocycles. The maximum absolute atomic E-state index is 9.03. The van der Waals surface area contributed by atoms with Crippen molar-refractivity contribution in [1.82, 2.24) is 4.37 Å². The molecule has 4 heteroatoms. The molecule has 0 saturated carbocycles. The summed E-state index contributed by atoms with van der Waals surface area (Å²) in [5.74, 6) is 0. The van der Waals surface area contributed by atoms with Crippen LogP contribution in [-0.4, -0.2) is 9.48 Å². The van der Waals surface area contributed by atoms with Gasteiger partial charge >= 0.3 is 0 Å². The van der Waals surface area contributed by atoms with Gasteiger partial charge in [0.05, 0.1) is 17.0 Å². The van der Waals surface area contributed by atoms with E-state index in [1.165, 1.54) is 11.5 Å². The van der Waals surface area contributed by atoms with Crippen LogP contribution in [0.25, 0.3) is 11.3 Å². The Balaban J connectivity index is 2.55. The number of aliphatic hydroxyl groups is 1. The van der Waals surface area contributed by atoms with E-state index in [0.717, 1.165) is 5.56 Å². The Morgan fingerprint density at radius 1 is 1.33 bits per heavy atom. The summed E-state index contributed by atoms with van der Waals surface area (Å²) in [5.41, 5.74) is 2.05. The molecule has 1 heterocycles. The first kappa shape index (κ1) is 9.84. The van der Waals surface area contributed by atoms with Gasteiger partial charge in [-0.2, -0.15) is 9.64 Å². The highest BCUT2D eigenvalue weighted by molar-refractivity contribution is 7.06. The van der Waals surface area contributed by atoms with E-state index in [9.17, 15) is 0 Å². The summed E-state index contributed by atoms with van der Waals surface area (Å²) >= 11 is 1.17. The van der Waals surface area contributed by atoms with E-state index in [2.05, 4.69) is 10.4 Å². The molecule has 1 N–H and O–H groups in total. The van der Waals surface area contributed by atoms with Gasteiger partial charge in [0.25, 0.3) is 0 Å². The number of hydrogen-bond acceptors (Lipinski definition) is 4. The van der Waals surface area contributed by atoms with Crippen LogP contribution in [-0.2, 0) is 6.61 Å². The molecule has 3 nitrogen and oxygen atoms in total. The highest BCUT2D eigenvalue weighted by atomic mass is 32.1. The summed E-state index contributed by atoms with van der Waals surface area (Å²) < 4.78 is 4.19. The van der Waals surface area contributed by atoms with Gasteiger partial charge in [-0.05, 0) is 11.5 Å². The van der Waals surface area contributed by atoms with Crippen molar-refractivity contribution in [2.45, 2.75) is 6.61 Å². The minimum Gasteiger partial charge on any atom is -0.391 e. The molecule has 15 heavy (non-hydrogen) atoms. The van der Waals surface area contributed by atoms with E-state index in [1.807, 2.05) is 30.3 Å². The molecular formula is C11H8N2OS. The van der Waals surface area contributed by atoms with Gasteiger partial charge in [0.15, 0.2) is 0 Å². The first-order valence-electron chi connectivity index (χ1n) is 4.41. The van der Waals surface area contributed by atoms with Crippen LogP contribution in [0, 0.1) is 11.3 Å². The Kier molecular flexibility index (Phi) is 2.77. The Morgan fingerprint density at radius 3 is 2.67 bits per heavy atom. The Bertz CT molecular complexity index is 499. The normalized spacial score (nSPS) is 9.87. The molecule has 0 aliphatic carbocycles. The zero-order chi connectivity index (χ0) is 10.7. The second-order valence-electron chi connectivity index (χ2n) is 2.97. The molecule has 1 aromatic carbocycles. The van der Waals surface area contributed by atoms with Gasteiger partial charge in [0.1, 0.15) is 11.8 Å². The topological polar surface area (TPSA) is 56.9 Å². The number of aromatic nitrogens is 1. The van der Waals surface area contributed by atoms with Crippen LogP contribution >= 0.6 is 11.5 Å². The summed E-state index contributed by atoms with van der Waals surface area (Å²) in [4.78, 5) is 0.622. The lowest BCUT2D eigenvalue weighted by Gasteiger charge is -1.96. The third-order valence-electron chi connectivity index (χ3n) is 2.07. The van der Waals surface area contributed by atoms with Crippen LogP contribution in [0.3, 0.4) is 0 Å². The van der Waals surface area contributed by atoms with Gasteiger partial charge in [0, 0.05) is 5.56 Å². The van der Waals surface area contributed by atoms with Crippen molar-refractivity contribution in [3.05, 3.63) is 40.8 Å². The zero-order valence-electron chi connectivity index (χ0n) is 7.84. The molecule has 0 bridgehead atoms. The number of nitrogens with zero attached hydrogens (tertiary/aromatic N) is 2. The van der Waals surface area contributed by atoms with E-state index < -0.39 is 0 Å². The van der Waals surface area contributed by atoms with Crippen LogP contribution < -0.4 is 0 Å². The average molecular weight is 216 g/mol. The van der Waals surface area contributed by atoms with E-state index in [4.69, 9.17) is 10.4 Å². The van der Waals surface area contributed by atoms with Crippen LogP contribution in [0.2, 0.25) is 0 Å². The van der Waals surface area contributed by atoms with Gasteiger partial charge in [-0.25, -0.2) is 0 Å². The van der Waals surface area contributed by atoms with Crippen LogP contribution in [0.4, 0.5) is 0 Å². The minimum absolute atomic E-state index is 0.132. The second-order valence-corrected chi connectivity index (χ2v) is 3.82.